The Morgan fingerprint density at radius 2 is 2.50 bits per heavy atom. The van der Waals surface area contributed by atoms with E-state index in [1.165, 1.54) is 11.8 Å². The van der Waals surface area contributed by atoms with Gasteiger partial charge in [0.2, 0.25) is 0 Å². The summed E-state index contributed by atoms with van der Waals surface area (Å²) < 4.78 is 0. The Balaban J connectivity index is 3.05. The molecule has 0 aromatic carbocycles. The first-order valence-electron chi connectivity index (χ1n) is 2.22. The highest BCUT2D eigenvalue weighted by atomic mass is 32.2. The van der Waals surface area contributed by atoms with Crippen molar-refractivity contribution in [3.63, 3.8) is 0 Å². The minimum atomic E-state index is -0.770. The minimum absolute atomic E-state index is 0.157. The van der Waals surface area contributed by atoms with Crippen LogP contribution < -0.4 is 0 Å². The van der Waals surface area contributed by atoms with E-state index in [0.29, 0.717) is 0 Å². The van der Waals surface area contributed by atoms with Crippen LogP contribution in [-0.2, 0) is 4.79 Å². The Bertz CT molecular complexity index is 98.6. The number of allylic oxidation sites excluding steroid dienone is 1. The van der Waals surface area contributed by atoms with Gasteiger partial charge in [-0.05, 0) is 12.3 Å². The summed E-state index contributed by atoms with van der Waals surface area (Å²) in [5.74, 6) is -0.613. The van der Waals surface area contributed by atoms with E-state index < -0.39 is 5.97 Å². The smallest absolute Gasteiger partial charge is 0.313 e. The van der Waals surface area contributed by atoms with Gasteiger partial charge in [0.25, 0.3) is 0 Å². The van der Waals surface area contributed by atoms with Gasteiger partial charge in [-0.15, -0.1) is 11.8 Å². The van der Waals surface area contributed by atoms with Crippen LogP contribution in [0.25, 0.3) is 0 Å². The quantitative estimate of drug-likeness (QED) is 0.629. The van der Waals surface area contributed by atoms with Crippen molar-refractivity contribution in [1.82, 2.24) is 0 Å². The Hall–Kier alpha value is -0.440. The molecule has 0 radical (unpaired) electrons. The molecule has 0 rings (SSSR count). The maximum absolute atomic E-state index is 9.82. The molecule has 0 fully saturated rings. The molecular weight excluding hydrogens is 124 g/mol. The molecule has 3 heteroatoms. The van der Waals surface area contributed by atoms with Gasteiger partial charge in [0.1, 0.15) is 0 Å². The lowest BCUT2D eigenvalue weighted by Gasteiger charge is -1.83. The second-order valence-electron chi connectivity index (χ2n) is 1.17. The molecule has 0 heterocycles. The largest absolute Gasteiger partial charge is 0.481 e. The molecule has 46 valence electrons. The average Bonchev–Trinajstić information content (AvgIpc) is 1.66. The molecule has 0 aliphatic carbocycles. The summed E-state index contributed by atoms with van der Waals surface area (Å²) in [4.78, 5) is 9.82. The summed E-state index contributed by atoms with van der Waals surface area (Å²) in [5, 5.41) is 9.84. The van der Waals surface area contributed by atoms with E-state index in [-0.39, 0.29) is 5.75 Å². The lowest BCUT2D eigenvalue weighted by Crippen LogP contribution is -1.95. The van der Waals surface area contributed by atoms with Crippen LogP contribution in [0.15, 0.2) is 11.5 Å². The second kappa shape index (κ2) is 4.71. The lowest BCUT2D eigenvalue weighted by atomic mass is 10.8. The van der Waals surface area contributed by atoms with Gasteiger partial charge >= 0.3 is 5.97 Å². The summed E-state index contributed by atoms with van der Waals surface area (Å²) in [5.41, 5.74) is 0. The molecule has 0 amide bonds. The SMILES string of the molecule is C/C=C/SCC(=O)O. The summed E-state index contributed by atoms with van der Waals surface area (Å²) in [7, 11) is 0. The second-order valence-corrected chi connectivity index (χ2v) is 2.07. The summed E-state index contributed by atoms with van der Waals surface area (Å²) >= 11 is 1.28. The number of carboxylic acid groups (broad SMARTS) is 1. The van der Waals surface area contributed by atoms with Crippen molar-refractivity contribution in [2.45, 2.75) is 6.92 Å². The lowest BCUT2D eigenvalue weighted by molar-refractivity contribution is -0.133. The van der Waals surface area contributed by atoms with Crippen LogP contribution in [0.4, 0.5) is 0 Å². The molecule has 0 aromatic rings. The first kappa shape index (κ1) is 7.56. The third kappa shape index (κ3) is 5.56. The fourth-order valence-corrected chi connectivity index (χ4v) is 0.647. The number of hydrogen-bond acceptors (Lipinski definition) is 2. The van der Waals surface area contributed by atoms with Crippen molar-refractivity contribution in [3.8, 4) is 0 Å². The highest BCUT2D eigenvalue weighted by Crippen LogP contribution is 1.99. The number of thioether (sulfide) groups is 1. The van der Waals surface area contributed by atoms with Crippen LogP contribution in [0.2, 0.25) is 0 Å². The van der Waals surface area contributed by atoms with E-state index in [1.807, 2.05) is 13.0 Å². The average molecular weight is 132 g/mol. The predicted molar refractivity (Wildman–Crippen MR) is 34.9 cm³/mol. The molecule has 0 saturated carbocycles. The van der Waals surface area contributed by atoms with Gasteiger partial charge in [0, 0.05) is 0 Å². The van der Waals surface area contributed by atoms with Gasteiger partial charge in [-0.25, -0.2) is 0 Å². The van der Waals surface area contributed by atoms with Gasteiger partial charge in [0.05, 0.1) is 5.75 Å². The standard InChI is InChI=1S/C5H8O2S/c1-2-3-8-4-5(6)7/h2-3H,4H2,1H3,(H,6,7)/b3-2+. The molecule has 0 atom stereocenters. The molecule has 0 unspecified atom stereocenters. The summed E-state index contributed by atoms with van der Waals surface area (Å²) in [6.45, 7) is 1.86. The minimum Gasteiger partial charge on any atom is -0.481 e. The van der Waals surface area contributed by atoms with Crippen LogP contribution in [0.1, 0.15) is 6.92 Å². The van der Waals surface area contributed by atoms with Crippen LogP contribution in [0, 0.1) is 0 Å². The zero-order valence-electron chi connectivity index (χ0n) is 4.63. The third-order valence-corrected chi connectivity index (χ3v) is 1.32. The highest BCUT2D eigenvalue weighted by molar-refractivity contribution is 8.02. The van der Waals surface area contributed by atoms with E-state index in [0.717, 1.165) is 0 Å². The first-order valence-corrected chi connectivity index (χ1v) is 3.27. The fourth-order valence-electron chi connectivity index (χ4n) is 0.216. The monoisotopic (exact) mass is 132 g/mol. The van der Waals surface area contributed by atoms with E-state index in [2.05, 4.69) is 0 Å². The number of hydrogen-bond donors (Lipinski definition) is 1. The Kier molecular flexibility index (Phi) is 4.45. The van der Waals surface area contributed by atoms with Crippen molar-refractivity contribution in [1.29, 1.82) is 0 Å². The van der Waals surface area contributed by atoms with Crippen LogP contribution in [0.3, 0.4) is 0 Å². The molecular formula is C5H8O2S. The zero-order chi connectivity index (χ0) is 6.41. The first-order chi connectivity index (χ1) is 3.77. The van der Waals surface area contributed by atoms with Gasteiger partial charge in [0.15, 0.2) is 0 Å². The molecule has 0 aliphatic rings. The fraction of sp³-hybridized carbons (Fsp3) is 0.400. The topological polar surface area (TPSA) is 37.3 Å². The molecule has 0 bridgehead atoms. The predicted octanol–water partition coefficient (Wildman–Crippen LogP) is 1.34. The Labute approximate surface area is 52.6 Å². The van der Waals surface area contributed by atoms with E-state index in [4.69, 9.17) is 5.11 Å². The maximum atomic E-state index is 9.82. The number of rotatable bonds is 3. The third-order valence-electron chi connectivity index (χ3n) is 0.439. The molecule has 0 aliphatic heterocycles. The highest BCUT2D eigenvalue weighted by Gasteiger charge is 1.90. The molecule has 0 aromatic heterocycles. The van der Waals surface area contributed by atoms with Crippen molar-refractivity contribution in [2.24, 2.45) is 0 Å². The van der Waals surface area contributed by atoms with E-state index in [1.54, 1.807) is 5.41 Å². The van der Waals surface area contributed by atoms with Crippen molar-refractivity contribution in [3.05, 3.63) is 11.5 Å². The van der Waals surface area contributed by atoms with E-state index in [9.17, 15) is 4.79 Å². The molecule has 0 spiro atoms. The van der Waals surface area contributed by atoms with E-state index >= 15 is 0 Å². The Morgan fingerprint density at radius 1 is 1.88 bits per heavy atom. The van der Waals surface area contributed by atoms with Gasteiger partial charge in [-0.3, -0.25) is 4.79 Å². The summed E-state index contributed by atoms with van der Waals surface area (Å²) in [6.07, 6.45) is 1.81. The van der Waals surface area contributed by atoms with Crippen molar-refractivity contribution < 1.29 is 9.90 Å². The van der Waals surface area contributed by atoms with Crippen molar-refractivity contribution >= 4 is 17.7 Å². The number of aliphatic carboxylic acids is 1. The summed E-state index contributed by atoms with van der Waals surface area (Å²) in [6, 6.07) is 0. The molecule has 0 saturated heterocycles. The molecule has 8 heavy (non-hydrogen) atoms. The van der Waals surface area contributed by atoms with Gasteiger partial charge in [-0.1, -0.05) is 6.08 Å². The van der Waals surface area contributed by atoms with Gasteiger partial charge < -0.3 is 5.11 Å². The number of carbonyl (C=O) groups is 1. The van der Waals surface area contributed by atoms with Crippen LogP contribution in [0.5, 0.6) is 0 Å². The Morgan fingerprint density at radius 3 is 2.88 bits per heavy atom. The molecule has 2 nitrogen and oxygen atoms in total. The maximum Gasteiger partial charge on any atom is 0.313 e. The van der Waals surface area contributed by atoms with Gasteiger partial charge in [-0.2, -0.15) is 0 Å². The van der Waals surface area contributed by atoms with Crippen LogP contribution in [-0.4, -0.2) is 16.8 Å². The van der Waals surface area contributed by atoms with Crippen molar-refractivity contribution in [2.75, 3.05) is 5.75 Å². The molecule has 1 N–H and O–H groups in total. The zero-order valence-corrected chi connectivity index (χ0v) is 5.44. The van der Waals surface area contributed by atoms with Crippen LogP contribution >= 0.6 is 11.8 Å². The number of carboxylic acids is 1. The normalized spacial score (nSPS) is 10.1.